The van der Waals surface area contributed by atoms with Gasteiger partial charge in [-0.05, 0) is 43.9 Å². The van der Waals surface area contributed by atoms with Crippen LogP contribution in [0.5, 0.6) is 0 Å². The zero-order valence-corrected chi connectivity index (χ0v) is 16.0. The molecule has 0 unspecified atom stereocenters. The van der Waals surface area contributed by atoms with Crippen LogP contribution >= 0.6 is 0 Å². The SMILES string of the molecule is O=C(N[C@@H]1CCCc2occc21)[C@@H]1CCCN(S(=O)(=O)c2ccccc2)C1. The Morgan fingerprint density at radius 3 is 2.74 bits per heavy atom. The number of aryl methyl sites for hydroxylation is 1. The number of rotatable bonds is 4. The quantitative estimate of drug-likeness (QED) is 0.873. The topological polar surface area (TPSA) is 79.6 Å². The fourth-order valence-corrected chi connectivity index (χ4v) is 5.59. The molecule has 27 heavy (non-hydrogen) atoms. The number of fused-ring (bicyclic) bond motifs is 1. The first-order valence-corrected chi connectivity index (χ1v) is 10.9. The minimum atomic E-state index is -3.56. The van der Waals surface area contributed by atoms with Gasteiger partial charge in [0.25, 0.3) is 0 Å². The number of carbonyl (C=O) groups excluding carboxylic acids is 1. The highest BCUT2D eigenvalue weighted by atomic mass is 32.2. The predicted octanol–water partition coefficient (Wildman–Crippen LogP) is 2.87. The number of hydrogen-bond acceptors (Lipinski definition) is 4. The van der Waals surface area contributed by atoms with Gasteiger partial charge in [0.1, 0.15) is 5.76 Å². The molecule has 0 saturated carbocycles. The van der Waals surface area contributed by atoms with E-state index in [1.54, 1.807) is 36.6 Å². The highest BCUT2D eigenvalue weighted by molar-refractivity contribution is 7.89. The summed E-state index contributed by atoms with van der Waals surface area (Å²) in [6, 6.07) is 10.3. The second-order valence-electron chi connectivity index (χ2n) is 7.27. The van der Waals surface area contributed by atoms with Crippen molar-refractivity contribution in [3.8, 4) is 0 Å². The number of carbonyl (C=O) groups is 1. The van der Waals surface area contributed by atoms with Crippen LogP contribution in [0, 0.1) is 5.92 Å². The van der Waals surface area contributed by atoms with Crippen LogP contribution in [-0.4, -0.2) is 31.7 Å². The highest BCUT2D eigenvalue weighted by Gasteiger charge is 2.34. The largest absolute Gasteiger partial charge is 0.469 e. The first-order valence-electron chi connectivity index (χ1n) is 9.47. The van der Waals surface area contributed by atoms with E-state index in [0.29, 0.717) is 19.4 Å². The highest BCUT2D eigenvalue weighted by Crippen LogP contribution is 2.31. The van der Waals surface area contributed by atoms with Gasteiger partial charge in [-0.3, -0.25) is 4.79 Å². The number of hydrogen-bond donors (Lipinski definition) is 1. The monoisotopic (exact) mass is 388 g/mol. The summed E-state index contributed by atoms with van der Waals surface area (Å²) >= 11 is 0. The van der Waals surface area contributed by atoms with Gasteiger partial charge in [0.2, 0.25) is 15.9 Å². The van der Waals surface area contributed by atoms with Crippen molar-refractivity contribution < 1.29 is 17.6 Å². The lowest BCUT2D eigenvalue weighted by Crippen LogP contribution is -2.46. The summed E-state index contributed by atoms with van der Waals surface area (Å²) in [6.45, 7) is 0.685. The van der Waals surface area contributed by atoms with E-state index < -0.39 is 10.0 Å². The van der Waals surface area contributed by atoms with Crippen molar-refractivity contribution in [1.82, 2.24) is 9.62 Å². The Hall–Kier alpha value is -2.12. The summed E-state index contributed by atoms with van der Waals surface area (Å²) in [4.78, 5) is 13.1. The molecule has 6 nitrogen and oxygen atoms in total. The number of piperidine rings is 1. The van der Waals surface area contributed by atoms with E-state index in [1.165, 1.54) is 4.31 Å². The smallest absolute Gasteiger partial charge is 0.243 e. The van der Waals surface area contributed by atoms with Crippen LogP contribution in [0.25, 0.3) is 0 Å². The molecule has 0 bridgehead atoms. The number of furan rings is 1. The van der Waals surface area contributed by atoms with E-state index in [4.69, 9.17) is 4.42 Å². The van der Waals surface area contributed by atoms with Gasteiger partial charge in [-0.1, -0.05) is 18.2 Å². The zero-order valence-electron chi connectivity index (χ0n) is 15.1. The third-order valence-electron chi connectivity index (χ3n) is 5.50. The van der Waals surface area contributed by atoms with Gasteiger partial charge in [-0.25, -0.2) is 8.42 Å². The van der Waals surface area contributed by atoms with Crippen molar-refractivity contribution in [2.45, 2.75) is 43.0 Å². The Bertz CT molecular complexity index is 907. The zero-order chi connectivity index (χ0) is 18.9. The summed E-state index contributed by atoms with van der Waals surface area (Å²) in [5.41, 5.74) is 1.05. The van der Waals surface area contributed by atoms with Crippen molar-refractivity contribution in [2.75, 3.05) is 13.1 Å². The van der Waals surface area contributed by atoms with E-state index in [-0.39, 0.29) is 29.3 Å². The number of nitrogens with zero attached hydrogens (tertiary/aromatic N) is 1. The Labute approximate surface area is 159 Å². The fraction of sp³-hybridized carbons (Fsp3) is 0.450. The van der Waals surface area contributed by atoms with Gasteiger partial charge < -0.3 is 9.73 Å². The van der Waals surface area contributed by atoms with Crippen LogP contribution < -0.4 is 5.32 Å². The summed E-state index contributed by atoms with van der Waals surface area (Å²) < 4.78 is 32.6. The van der Waals surface area contributed by atoms with E-state index in [0.717, 1.165) is 30.6 Å². The maximum Gasteiger partial charge on any atom is 0.243 e. The molecule has 2 atom stereocenters. The maximum absolute atomic E-state index is 12.9. The summed E-state index contributed by atoms with van der Waals surface area (Å²) in [5, 5.41) is 3.12. The molecule has 1 aliphatic carbocycles. The van der Waals surface area contributed by atoms with E-state index in [1.807, 2.05) is 6.07 Å². The van der Waals surface area contributed by atoms with Gasteiger partial charge in [0.05, 0.1) is 23.1 Å². The number of benzene rings is 1. The van der Waals surface area contributed by atoms with Gasteiger partial charge in [-0.2, -0.15) is 4.31 Å². The average Bonchev–Trinajstić information content (AvgIpc) is 3.19. The van der Waals surface area contributed by atoms with Crippen molar-refractivity contribution >= 4 is 15.9 Å². The van der Waals surface area contributed by atoms with Crippen LogP contribution in [0.2, 0.25) is 0 Å². The second-order valence-corrected chi connectivity index (χ2v) is 9.21. The van der Waals surface area contributed by atoms with Gasteiger partial charge in [-0.15, -0.1) is 0 Å². The number of amides is 1. The van der Waals surface area contributed by atoms with Crippen LogP contribution in [0.15, 0.2) is 52.0 Å². The third-order valence-corrected chi connectivity index (χ3v) is 7.38. The molecule has 1 fully saturated rings. The van der Waals surface area contributed by atoms with Crippen LogP contribution in [0.3, 0.4) is 0 Å². The number of nitrogens with one attached hydrogen (secondary N) is 1. The van der Waals surface area contributed by atoms with E-state index >= 15 is 0 Å². The first kappa shape index (κ1) is 18.3. The Balaban J connectivity index is 1.45. The Morgan fingerprint density at radius 2 is 1.93 bits per heavy atom. The molecule has 1 aromatic heterocycles. The Morgan fingerprint density at radius 1 is 1.11 bits per heavy atom. The summed E-state index contributed by atoms with van der Waals surface area (Å²) in [5.74, 6) is 0.556. The molecular formula is C20H24N2O4S. The van der Waals surface area contributed by atoms with Crippen molar-refractivity contribution in [2.24, 2.45) is 5.92 Å². The molecule has 1 N–H and O–H groups in total. The Kier molecular flexibility index (Phi) is 5.06. The summed E-state index contributed by atoms with van der Waals surface area (Å²) in [7, 11) is -3.56. The normalized spacial score (nSPS) is 23.6. The average molecular weight is 388 g/mol. The van der Waals surface area contributed by atoms with Gasteiger partial charge >= 0.3 is 0 Å². The fourth-order valence-electron chi connectivity index (χ4n) is 4.04. The van der Waals surface area contributed by atoms with E-state index in [2.05, 4.69) is 5.32 Å². The molecule has 2 aromatic rings. The molecule has 0 radical (unpaired) electrons. The lowest BCUT2D eigenvalue weighted by atomic mass is 9.92. The minimum absolute atomic E-state index is 0.0406. The molecule has 1 aromatic carbocycles. The maximum atomic E-state index is 12.9. The minimum Gasteiger partial charge on any atom is -0.469 e. The molecule has 4 rings (SSSR count). The van der Waals surface area contributed by atoms with Crippen molar-refractivity contribution in [3.05, 3.63) is 54.0 Å². The van der Waals surface area contributed by atoms with Gasteiger partial charge in [0.15, 0.2) is 0 Å². The molecule has 1 aliphatic heterocycles. The molecular weight excluding hydrogens is 364 g/mol. The number of sulfonamides is 1. The van der Waals surface area contributed by atoms with Crippen LogP contribution in [0.1, 0.15) is 43.0 Å². The third kappa shape index (κ3) is 3.66. The standard InChI is InChI=1S/C20H24N2O4S/c23-20(21-18-9-4-10-19-17(18)11-13-26-19)15-6-5-12-22(14-15)27(24,25)16-7-2-1-3-8-16/h1-3,7-8,11,13,15,18H,4-6,9-10,12,14H2,(H,21,23)/t15-,18-/m1/s1. The van der Waals surface area contributed by atoms with Crippen LogP contribution in [0.4, 0.5) is 0 Å². The molecule has 1 saturated heterocycles. The van der Waals surface area contributed by atoms with Crippen molar-refractivity contribution in [3.63, 3.8) is 0 Å². The molecule has 2 heterocycles. The van der Waals surface area contributed by atoms with Crippen molar-refractivity contribution in [1.29, 1.82) is 0 Å². The first-order chi connectivity index (χ1) is 13.1. The van der Waals surface area contributed by atoms with Gasteiger partial charge in [0, 0.05) is 25.1 Å². The molecule has 144 valence electrons. The lowest BCUT2D eigenvalue weighted by Gasteiger charge is -2.32. The van der Waals surface area contributed by atoms with E-state index in [9.17, 15) is 13.2 Å². The molecule has 7 heteroatoms. The second kappa shape index (κ2) is 7.48. The molecule has 2 aliphatic rings. The lowest BCUT2D eigenvalue weighted by molar-refractivity contribution is -0.127. The summed E-state index contributed by atoms with van der Waals surface area (Å²) in [6.07, 6.45) is 5.83. The predicted molar refractivity (Wildman–Crippen MR) is 100 cm³/mol. The molecule has 1 amide bonds. The van der Waals surface area contributed by atoms with Crippen LogP contribution in [-0.2, 0) is 21.2 Å². The molecule has 0 spiro atoms.